The van der Waals surface area contributed by atoms with Gasteiger partial charge in [0.1, 0.15) is 5.82 Å². The third kappa shape index (κ3) is 4.67. The van der Waals surface area contributed by atoms with E-state index in [0.29, 0.717) is 6.54 Å². The van der Waals surface area contributed by atoms with Crippen LogP contribution < -0.4 is 5.32 Å². The second kappa shape index (κ2) is 6.52. The molecule has 0 bridgehead atoms. The highest BCUT2D eigenvalue weighted by molar-refractivity contribution is 5.25. The van der Waals surface area contributed by atoms with Crippen molar-refractivity contribution in [2.24, 2.45) is 0 Å². The van der Waals surface area contributed by atoms with Crippen molar-refractivity contribution in [3.05, 3.63) is 47.3 Å². The minimum Gasteiger partial charge on any atom is -0.316 e. The number of rotatable bonds is 6. The van der Waals surface area contributed by atoms with Gasteiger partial charge in [0.15, 0.2) is 0 Å². The fourth-order valence-corrected chi connectivity index (χ4v) is 1.87. The van der Waals surface area contributed by atoms with Gasteiger partial charge in [0, 0.05) is 25.2 Å². The van der Waals surface area contributed by atoms with Gasteiger partial charge in [-0.25, -0.2) is 4.39 Å². The van der Waals surface area contributed by atoms with Crippen LogP contribution in [0.2, 0.25) is 0 Å². The van der Waals surface area contributed by atoms with E-state index in [1.165, 1.54) is 6.07 Å². The average Bonchev–Trinajstić information content (AvgIpc) is 2.22. The zero-order chi connectivity index (χ0) is 12.8. The molecule has 1 aromatic rings. The molecule has 0 saturated carbocycles. The molecular weight excluding hydrogens is 215 g/mol. The third-order valence-corrected chi connectivity index (χ3v) is 2.47. The number of hydrogen-bond donors (Lipinski definition) is 1. The molecule has 0 fully saturated rings. The Morgan fingerprint density at radius 1 is 1.47 bits per heavy atom. The van der Waals surface area contributed by atoms with E-state index in [2.05, 4.69) is 16.8 Å². The van der Waals surface area contributed by atoms with Gasteiger partial charge in [-0.3, -0.25) is 4.90 Å². The van der Waals surface area contributed by atoms with Gasteiger partial charge < -0.3 is 5.32 Å². The third-order valence-electron chi connectivity index (χ3n) is 2.47. The summed E-state index contributed by atoms with van der Waals surface area (Å²) < 4.78 is 13.6. The summed E-state index contributed by atoms with van der Waals surface area (Å²) in [6.45, 7) is 7.99. The van der Waals surface area contributed by atoms with Crippen LogP contribution in [0.1, 0.15) is 18.1 Å². The highest BCUT2D eigenvalue weighted by Gasteiger charge is 2.07. The van der Waals surface area contributed by atoms with E-state index in [4.69, 9.17) is 0 Å². The van der Waals surface area contributed by atoms with Crippen molar-refractivity contribution in [2.75, 3.05) is 20.6 Å². The lowest BCUT2D eigenvalue weighted by Gasteiger charge is -2.17. The van der Waals surface area contributed by atoms with Crippen LogP contribution in [-0.2, 0) is 13.1 Å². The molecule has 94 valence electrons. The summed E-state index contributed by atoms with van der Waals surface area (Å²) in [5.41, 5.74) is 2.92. The van der Waals surface area contributed by atoms with E-state index in [1.54, 1.807) is 0 Å². The minimum absolute atomic E-state index is 0.140. The van der Waals surface area contributed by atoms with Gasteiger partial charge in [-0.2, -0.15) is 0 Å². The molecule has 0 amide bonds. The molecule has 0 saturated heterocycles. The van der Waals surface area contributed by atoms with E-state index in [-0.39, 0.29) is 5.82 Å². The molecule has 1 aromatic carbocycles. The highest BCUT2D eigenvalue weighted by atomic mass is 19.1. The summed E-state index contributed by atoms with van der Waals surface area (Å²) in [6, 6.07) is 5.27. The van der Waals surface area contributed by atoms with Crippen molar-refractivity contribution in [1.82, 2.24) is 10.2 Å². The van der Waals surface area contributed by atoms with Crippen LogP contribution in [0.15, 0.2) is 30.4 Å². The average molecular weight is 236 g/mol. The first-order valence-corrected chi connectivity index (χ1v) is 5.77. The molecule has 0 spiro atoms. The smallest absolute Gasteiger partial charge is 0.127 e. The molecular formula is C14H21FN2. The Morgan fingerprint density at radius 3 is 2.76 bits per heavy atom. The summed E-state index contributed by atoms with van der Waals surface area (Å²) in [5.74, 6) is -0.140. The Morgan fingerprint density at radius 2 is 2.18 bits per heavy atom. The molecule has 0 aliphatic carbocycles. The van der Waals surface area contributed by atoms with Crippen molar-refractivity contribution < 1.29 is 4.39 Å². The molecule has 1 N–H and O–H groups in total. The van der Waals surface area contributed by atoms with Crippen LogP contribution >= 0.6 is 0 Å². The molecule has 0 aliphatic heterocycles. The zero-order valence-electron chi connectivity index (χ0n) is 10.9. The number of likely N-dealkylation sites (N-methyl/N-ethyl adjacent to an activating group) is 1. The lowest BCUT2D eigenvalue weighted by Crippen LogP contribution is -2.20. The predicted octanol–water partition coefficient (Wildman–Crippen LogP) is 2.55. The van der Waals surface area contributed by atoms with E-state index >= 15 is 0 Å². The maximum Gasteiger partial charge on any atom is 0.127 e. The summed E-state index contributed by atoms with van der Waals surface area (Å²) in [4.78, 5) is 2.06. The largest absolute Gasteiger partial charge is 0.316 e. The van der Waals surface area contributed by atoms with Gasteiger partial charge in [0.2, 0.25) is 0 Å². The van der Waals surface area contributed by atoms with Gasteiger partial charge in [-0.05, 0) is 32.6 Å². The van der Waals surface area contributed by atoms with Gasteiger partial charge in [-0.15, -0.1) is 0 Å². The Hall–Kier alpha value is -1.19. The van der Waals surface area contributed by atoms with Crippen LogP contribution in [0.25, 0.3) is 0 Å². The van der Waals surface area contributed by atoms with Crippen LogP contribution in [0, 0.1) is 5.82 Å². The van der Waals surface area contributed by atoms with Crippen molar-refractivity contribution in [2.45, 2.75) is 20.0 Å². The zero-order valence-corrected chi connectivity index (χ0v) is 10.9. The fraction of sp³-hybridized carbons (Fsp3) is 0.429. The SMILES string of the molecule is C=C(C)CN(C)Cc1cc(CNC)ccc1F. The molecule has 0 aromatic heterocycles. The topological polar surface area (TPSA) is 15.3 Å². The minimum atomic E-state index is -0.140. The molecule has 3 heteroatoms. The monoisotopic (exact) mass is 236 g/mol. The number of hydrogen-bond acceptors (Lipinski definition) is 2. The molecule has 0 unspecified atom stereocenters. The van der Waals surface area contributed by atoms with E-state index in [9.17, 15) is 4.39 Å². The number of benzene rings is 1. The maximum absolute atomic E-state index is 13.6. The molecule has 2 nitrogen and oxygen atoms in total. The van der Waals surface area contributed by atoms with Crippen LogP contribution in [0.3, 0.4) is 0 Å². The number of halogens is 1. The molecule has 0 aliphatic rings. The Bertz CT molecular complexity index is 388. The second-order valence-electron chi connectivity index (χ2n) is 4.59. The van der Waals surface area contributed by atoms with Crippen LogP contribution in [0.5, 0.6) is 0 Å². The standard InChI is InChI=1S/C14H21FN2/c1-11(2)9-17(4)10-13-7-12(8-16-3)5-6-14(13)15/h5-7,16H,1,8-10H2,2-4H3. The molecule has 17 heavy (non-hydrogen) atoms. The molecule has 0 heterocycles. The lowest BCUT2D eigenvalue weighted by atomic mass is 10.1. The Labute approximate surface area is 103 Å². The highest BCUT2D eigenvalue weighted by Crippen LogP contribution is 2.13. The Kier molecular flexibility index (Phi) is 5.32. The summed E-state index contributed by atoms with van der Waals surface area (Å²) in [5, 5.41) is 3.07. The first-order chi connectivity index (χ1) is 8.02. The molecule has 0 radical (unpaired) electrons. The summed E-state index contributed by atoms with van der Waals surface area (Å²) in [6.07, 6.45) is 0. The lowest BCUT2D eigenvalue weighted by molar-refractivity contribution is 0.348. The first kappa shape index (κ1) is 13.9. The van der Waals surface area contributed by atoms with Crippen LogP contribution in [-0.4, -0.2) is 25.5 Å². The molecule has 1 rings (SSSR count). The van der Waals surface area contributed by atoms with E-state index < -0.39 is 0 Å². The molecule has 0 atom stereocenters. The van der Waals surface area contributed by atoms with Crippen molar-refractivity contribution in [3.63, 3.8) is 0 Å². The first-order valence-electron chi connectivity index (χ1n) is 5.77. The van der Waals surface area contributed by atoms with E-state index in [0.717, 1.165) is 29.8 Å². The van der Waals surface area contributed by atoms with Crippen LogP contribution in [0.4, 0.5) is 4.39 Å². The van der Waals surface area contributed by atoms with Crippen molar-refractivity contribution >= 4 is 0 Å². The van der Waals surface area contributed by atoms with Crippen molar-refractivity contribution in [1.29, 1.82) is 0 Å². The van der Waals surface area contributed by atoms with Crippen molar-refractivity contribution in [3.8, 4) is 0 Å². The normalized spacial score (nSPS) is 10.9. The quantitative estimate of drug-likeness (QED) is 0.764. The fourth-order valence-electron chi connectivity index (χ4n) is 1.87. The van der Waals surface area contributed by atoms with Gasteiger partial charge in [0.25, 0.3) is 0 Å². The number of nitrogens with one attached hydrogen (secondary N) is 1. The second-order valence-corrected chi connectivity index (χ2v) is 4.59. The van der Waals surface area contributed by atoms with Gasteiger partial charge >= 0.3 is 0 Å². The Balaban J connectivity index is 2.74. The van der Waals surface area contributed by atoms with Gasteiger partial charge in [-0.1, -0.05) is 24.3 Å². The maximum atomic E-state index is 13.6. The predicted molar refractivity (Wildman–Crippen MR) is 70.3 cm³/mol. The van der Waals surface area contributed by atoms with E-state index in [1.807, 2.05) is 33.2 Å². The number of nitrogens with zero attached hydrogens (tertiary/aromatic N) is 1. The summed E-state index contributed by atoms with van der Waals surface area (Å²) in [7, 11) is 3.86. The van der Waals surface area contributed by atoms with Gasteiger partial charge in [0.05, 0.1) is 0 Å². The summed E-state index contributed by atoms with van der Waals surface area (Å²) >= 11 is 0.